The molecule has 4 aliphatic rings. The zero-order chi connectivity index (χ0) is 16.4. The highest BCUT2D eigenvalue weighted by atomic mass is 16.6. The minimum atomic E-state index is -1.43. The minimum absolute atomic E-state index is 0.0350. The molecule has 6 heteroatoms. The second-order valence-corrected chi connectivity index (χ2v) is 7.02. The summed E-state index contributed by atoms with van der Waals surface area (Å²) in [6, 6.07) is 0. The Hall–Kier alpha value is -1.85. The normalized spacial score (nSPS) is 39.7. The van der Waals surface area contributed by atoms with Gasteiger partial charge >= 0.3 is 5.97 Å². The van der Waals surface area contributed by atoms with Crippen molar-refractivity contribution in [2.75, 3.05) is 13.7 Å². The zero-order valence-electron chi connectivity index (χ0n) is 13.5. The highest BCUT2D eigenvalue weighted by Crippen LogP contribution is 2.60. The topological polar surface area (TPSA) is 72.9 Å². The lowest BCUT2D eigenvalue weighted by molar-refractivity contribution is -0.171. The smallest absolute Gasteiger partial charge is 0.338 e. The third-order valence-electron chi connectivity index (χ3n) is 6.21. The number of rotatable bonds is 1. The molecule has 0 aromatic heterocycles. The van der Waals surface area contributed by atoms with Crippen molar-refractivity contribution in [1.82, 2.24) is 4.90 Å². The second-order valence-electron chi connectivity index (χ2n) is 7.02. The molecule has 1 saturated carbocycles. The number of hydrogen-bond acceptors (Lipinski definition) is 5. The van der Waals surface area contributed by atoms with Gasteiger partial charge in [-0.1, -0.05) is 6.42 Å². The van der Waals surface area contributed by atoms with Gasteiger partial charge in [-0.2, -0.15) is 0 Å². The molecule has 3 fully saturated rings. The molecule has 0 N–H and O–H groups in total. The second kappa shape index (κ2) is 4.58. The van der Waals surface area contributed by atoms with E-state index in [1.807, 2.05) is 4.90 Å². The first kappa shape index (κ1) is 14.7. The van der Waals surface area contributed by atoms with Crippen LogP contribution < -0.4 is 0 Å². The number of carbonyl (C=O) groups is 3. The van der Waals surface area contributed by atoms with Crippen molar-refractivity contribution in [3.63, 3.8) is 0 Å². The molecule has 23 heavy (non-hydrogen) atoms. The van der Waals surface area contributed by atoms with Crippen LogP contribution in [0.3, 0.4) is 0 Å². The molecule has 0 unspecified atom stereocenters. The van der Waals surface area contributed by atoms with Crippen LogP contribution in [-0.4, -0.2) is 47.4 Å². The largest absolute Gasteiger partial charge is 0.496 e. The molecule has 2 saturated heterocycles. The number of methoxy groups -OCH3 is 1. The summed E-state index contributed by atoms with van der Waals surface area (Å²) in [6.07, 6.45) is 4.09. The van der Waals surface area contributed by atoms with Crippen molar-refractivity contribution in [2.45, 2.75) is 56.6 Å². The van der Waals surface area contributed by atoms with Gasteiger partial charge < -0.3 is 14.4 Å². The Balaban J connectivity index is 1.98. The van der Waals surface area contributed by atoms with Gasteiger partial charge in [-0.25, -0.2) is 4.79 Å². The van der Waals surface area contributed by atoms with Crippen molar-refractivity contribution in [3.8, 4) is 0 Å². The van der Waals surface area contributed by atoms with Crippen LogP contribution in [0.2, 0.25) is 0 Å². The van der Waals surface area contributed by atoms with E-state index in [2.05, 4.69) is 0 Å². The number of nitrogens with zero attached hydrogens (tertiary/aromatic N) is 1. The Morgan fingerprint density at radius 2 is 2.04 bits per heavy atom. The number of hydrogen-bond donors (Lipinski definition) is 0. The summed E-state index contributed by atoms with van der Waals surface area (Å²) in [6.45, 7) is 2.25. The first-order chi connectivity index (χ1) is 11.0. The molecule has 3 aliphatic heterocycles. The number of esters is 1. The van der Waals surface area contributed by atoms with Crippen LogP contribution in [-0.2, 0) is 23.9 Å². The van der Waals surface area contributed by atoms with Crippen LogP contribution >= 0.6 is 0 Å². The monoisotopic (exact) mass is 319 g/mol. The highest BCUT2D eigenvalue weighted by molar-refractivity contribution is 6.05. The fraction of sp³-hybridized carbons (Fsp3) is 0.706. The van der Waals surface area contributed by atoms with Gasteiger partial charge in [0.25, 0.3) is 0 Å². The molecule has 2 spiro atoms. The minimum Gasteiger partial charge on any atom is -0.496 e. The first-order valence-corrected chi connectivity index (χ1v) is 8.31. The standard InChI is InChI=1S/C17H21NO5/c1-10-14(22-2)17(23-15(10)21)12(19)9-11-5-3-4-8-18-13(20)6-7-16(11,17)18/h11H,3-9H2,1-2H3/t11-,16-,17-/m0/s1. The molecule has 3 atom stereocenters. The third kappa shape index (κ3) is 1.47. The third-order valence-corrected chi connectivity index (χ3v) is 6.21. The highest BCUT2D eigenvalue weighted by Gasteiger charge is 2.77. The molecular weight excluding hydrogens is 298 g/mol. The van der Waals surface area contributed by atoms with E-state index in [0.29, 0.717) is 37.1 Å². The van der Waals surface area contributed by atoms with E-state index >= 15 is 0 Å². The number of Topliss-reactive ketones (excluding diaryl/α,β-unsaturated/α-hetero) is 1. The lowest BCUT2D eigenvalue weighted by Crippen LogP contribution is -2.65. The molecule has 6 nitrogen and oxygen atoms in total. The van der Waals surface area contributed by atoms with E-state index in [4.69, 9.17) is 9.47 Å². The predicted octanol–water partition coefficient (Wildman–Crippen LogP) is 1.34. The molecule has 3 heterocycles. The molecular formula is C17H21NO5. The Morgan fingerprint density at radius 1 is 1.26 bits per heavy atom. The number of amides is 1. The molecule has 1 aliphatic carbocycles. The van der Waals surface area contributed by atoms with E-state index in [1.165, 1.54) is 7.11 Å². The van der Waals surface area contributed by atoms with Gasteiger partial charge in [-0.15, -0.1) is 0 Å². The SMILES string of the molecule is COC1=C(C)C(=O)O[C@@]12C(=O)C[C@@H]1CCCCN3C(=O)CC[C@@]132. The van der Waals surface area contributed by atoms with E-state index in [0.717, 1.165) is 19.3 Å². The van der Waals surface area contributed by atoms with Crippen molar-refractivity contribution < 1.29 is 23.9 Å². The number of ketones is 1. The fourth-order valence-electron chi connectivity index (χ4n) is 5.36. The van der Waals surface area contributed by atoms with Gasteiger partial charge in [0.1, 0.15) is 5.54 Å². The Morgan fingerprint density at radius 3 is 2.78 bits per heavy atom. The Kier molecular flexibility index (Phi) is 2.93. The van der Waals surface area contributed by atoms with Crippen molar-refractivity contribution >= 4 is 17.7 Å². The molecule has 124 valence electrons. The van der Waals surface area contributed by atoms with Gasteiger partial charge in [-0.05, 0) is 32.1 Å². The van der Waals surface area contributed by atoms with Crippen LogP contribution in [0, 0.1) is 5.92 Å². The first-order valence-electron chi connectivity index (χ1n) is 8.31. The summed E-state index contributed by atoms with van der Waals surface area (Å²) in [5, 5.41) is 0. The summed E-state index contributed by atoms with van der Waals surface area (Å²) in [7, 11) is 1.47. The lowest BCUT2D eigenvalue weighted by Gasteiger charge is -2.46. The molecule has 0 aromatic rings. The summed E-state index contributed by atoms with van der Waals surface area (Å²) in [5.74, 6) is -0.216. The van der Waals surface area contributed by atoms with Gasteiger partial charge in [0.05, 0.1) is 12.7 Å². The fourth-order valence-corrected chi connectivity index (χ4v) is 5.36. The van der Waals surface area contributed by atoms with E-state index in [1.54, 1.807) is 6.92 Å². The molecule has 0 bridgehead atoms. The van der Waals surface area contributed by atoms with Crippen molar-refractivity contribution in [1.29, 1.82) is 0 Å². The maximum absolute atomic E-state index is 13.1. The van der Waals surface area contributed by atoms with Gasteiger partial charge in [0, 0.05) is 19.4 Å². The summed E-state index contributed by atoms with van der Waals surface area (Å²) < 4.78 is 11.2. The van der Waals surface area contributed by atoms with Crippen LogP contribution in [0.4, 0.5) is 0 Å². The van der Waals surface area contributed by atoms with Crippen LogP contribution in [0.1, 0.15) is 45.4 Å². The maximum atomic E-state index is 13.1. The van der Waals surface area contributed by atoms with Gasteiger partial charge in [0.15, 0.2) is 11.5 Å². The Labute approximate surface area is 134 Å². The van der Waals surface area contributed by atoms with Crippen molar-refractivity contribution in [2.24, 2.45) is 5.92 Å². The number of ether oxygens (including phenoxy) is 2. The van der Waals surface area contributed by atoms with Crippen LogP contribution in [0.5, 0.6) is 0 Å². The lowest BCUT2D eigenvalue weighted by atomic mass is 9.73. The van der Waals surface area contributed by atoms with Crippen molar-refractivity contribution in [3.05, 3.63) is 11.3 Å². The average Bonchev–Trinajstić information content (AvgIpc) is 3.00. The zero-order valence-corrected chi connectivity index (χ0v) is 13.5. The molecule has 0 aromatic carbocycles. The van der Waals surface area contributed by atoms with Crippen LogP contribution in [0.15, 0.2) is 11.3 Å². The summed E-state index contributed by atoms with van der Waals surface area (Å²) >= 11 is 0. The van der Waals surface area contributed by atoms with Gasteiger partial charge in [0.2, 0.25) is 11.5 Å². The molecule has 0 radical (unpaired) electrons. The van der Waals surface area contributed by atoms with E-state index in [-0.39, 0.29) is 17.6 Å². The number of carbonyl (C=O) groups excluding carboxylic acids is 3. The quantitative estimate of drug-likeness (QED) is 0.682. The van der Waals surface area contributed by atoms with Gasteiger partial charge in [-0.3, -0.25) is 9.59 Å². The molecule has 1 amide bonds. The maximum Gasteiger partial charge on any atom is 0.338 e. The summed E-state index contributed by atoms with van der Waals surface area (Å²) in [4.78, 5) is 39.7. The van der Waals surface area contributed by atoms with E-state index < -0.39 is 17.1 Å². The molecule has 4 rings (SSSR count). The average molecular weight is 319 g/mol. The predicted molar refractivity (Wildman–Crippen MR) is 79.2 cm³/mol. The van der Waals surface area contributed by atoms with E-state index in [9.17, 15) is 14.4 Å². The summed E-state index contributed by atoms with van der Waals surface area (Å²) in [5.41, 5.74) is -1.83. The Bertz CT molecular complexity index is 653. The van der Waals surface area contributed by atoms with Crippen LogP contribution in [0.25, 0.3) is 0 Å².